The van der Waals surface area contributed by atoms with Crippen molar-refractivity contribution in [3.05, 3.63) is 28.3 Å². The molecule has 0 fully saturated rings. The highest BCUT2D eigenvalue weighted by Gasteiger charge is 2.08. The second kappa shape index (κ2) is 2.38. The summed E-state index contributed by atoms with van der Waals surface area (Å²) in [6, 6.07) is 0. The highest BCUT2D eigenvalue weighted by Crippen LogP contribution is 2.10. The van der Waals surface area contributed by atoms with Gasteiger partial charge in [0.25, 0.3) is 0 Å². The van der Waals surface area contributed by atoms with Crippen LogP contribution in [0.25, 0.3) is 0 Å². The molecule has 0 unspecified atom stereocenters. The zero-order valence-electron chi connectivity index (χ0n) is 5.31. The van der Waals surface area contributed by atoms with Crippen LogP contribution in [0.2, 0.25) is 0 Å². The maximum Gasteiger partial charge on any atom is 0.308 e. The summed E-state index contributed by atoms with van der Waals surface area (Å²) in [5.74, 6) is 0. The fraction of sp³-hybridized carbons (Fsp3) is 0.200. The monoisotopic (exact) mass is 139 g/mol. The molecule has 0 radical (unpaired) electrons. The van der Waals surface area contributed by atoms with E-state index in [-0.39, 0.29) is 5.69 Å². The molecule has 5 heteroatoms. The number of aromatic nitrogens is 2. The van der Waals surface area contributed by atoms with Crippen molar-refractivity contribution < 1.29 is 4.92 Å². The summed E-state index contributed by atoms with van der Waals surface area (Å²) < 4.78 is 0. The maximum atomic E-state index is 10.1. The minimum atomic E-state index is -0.505. The molecule has 0 aromatic carbocycles. The first kappa shape index (κ1) is 6.60. The summed E-state index contributed by atoms with van der Waals surface area (Å²) in [6.45, 7) is 1.57. The summed E-state index contributed by atoms with van der Waals surface area (Å²) >= 11 is 0. The molecule has 1 aromatic rings. The Balaban J connectivity index is 3.15. The average molecular weight is 139 g/mol. The molecule has 10 heavy (non-hydrogen) atoms. The minimum Gasteiger partial charge on any atom is -0.258 e. The van der Waals surface area contributed by atoms with Crippen molar-refractivity contribution in [1.82, 2.24) is 9.97 Å². The van der Waals surface area contributed by atoms with Crippen LogP contribution < -0.4 is 0 Å². The standard InChI is InChI=1S/C5H5N3O2/c1-4-5(8(9)10)2-6-3-7-4/h2-3H,1H3. The Hall–Kier alpha value is -1.52. The second-order valence-corrected chi connectivity index (χ2v) is 1.75. The van der Waals surface area contributed by atoms with E-state index in [1.165, 1.54) is 12.5 Å². The summed E-state index contributed by atoms with van der Waals surface area (Å²) in [5.41, 5.74) is 0.350. The minimum absolute atomic E-state index is 0.0394. The van der Waals surface area contributed by atoms with Crippen LogP contribution in [0.3, 0.4) is 0 Å². The van der Waals surface area contributed by atoms with E-state index in [0.29, 0.717) is 5.69 Å². The molecule has 0 saturated carbocycles. The first-order chi connectivity index (χ1) is 4.72. The van der Waals surface area contributed by atoms with Gasteiger partial charge in [0.1, 0.15) is 18.2 Å². The van der Waals surface area contributed by atoms with Crippen molar-refractivity contribution in [1.29, 1.82) is 0 Å². The van der Waals surface area contributed by atoms with E-state index in [1.807, 2.05) is 0 Å². The molecule has 5 nitrogen and oxygen atoms in total. The second-order valence-electron chi connectivity index (χ2n) is 1.75. The van der Waals surface area contributed by atoms with Crippen molar-refractivity contribution in [2.45, 2.75) is 6.92 Å². The molecule has 0 bridgehead atoms. The van der Waals surface area contributed by atoms with Crippen molar-refractivity contribution in [3.8, 4) is 0 Å². The van der Waals surface area contributed by atoms with Crippen LogP contribution in [0.4, 0.5) is 5.69 Å². The molecular formula is C5H5N3O2. The number of rotatable bonds is 1. The maximum absolute atomic E-state index is 10.1. The van der Waals surface area contributed by atoms with Crippen LogP contribution in [0, 0.1) is 17.0 Å². The Kier molecular flexibility index (Phi) is 1.57. The van der Waals surface area contributed by atoms with E-state index in [9.17, 15) is 10.1 Å². The summed E-state index contributed by atoms with van der Waals surface area (Å²) in [4.78, 5) is 16.8. The van der Waals surface area contributed by atoms with E-state index in [1.54, 1.807) is 6.92 Å². The molecule has 1 rings (SSSR count). The Labute approximate surface area is 56.9 Å². The zero-order chi connectivity index (χ0) is 7.56. The smallest absolute Gasteiger partial charge is 0.258 e. The summed E-state index contributed by atoms with van der Waals surface area (Å²) in [6.07, 6.45) is 2.46. The number of nitro groups is 1. The van der Waals surface area contributed by atoms with Gasteiger partial charge < -0.3 is 0 Å². The van der Waals surface area contributed by atoms with Gasteiger partial charge in [0.15, 0.2) is 0 Å². The number of hydrogen-bond donors (Lipinski definition) is 0. The van der Waals surface area contributed by atoms with Gasteiger partial charge in [0, 0.05) is 0 Å². The fourth-order valence-corrected chi connectivity index (χ4v) is 0.563. The molecule has 1 aromatic heterocycles. The highest BCUT2D eigenvalue weighted by molar-refractivity contribution is 5.29. The van der Waals surface area contributed by atoms with E-state index >= 15 is 0 Å². The van der Waals surface area contributed by atoms with Gasteiger partial charge in [-0.3, -0.25) is 10.1 Å². The largest absolute Gasteiger partial charge is 0.308 e. The average Bonchev–Trinajstić information content (AvgIpc) is 1.88. The third-order valence-corrected chi connectivity index (χ3v) is 1.08. The Morgan fingerprint density at radius 2 is 2.40 bits per heavy atom. The summed E-state index contributed by atoms with van der Waals surface area (Å²) in [5, 5.41) is 10.1. The van der Waals surface area contributed by atoms with Crippen LogP contribution in [0.1, 0.15) is 5.69 Å². The van der Waals surface area contributed by atoms with E-state index < -0.39 is 4.92 Å². The topological polar surface area (TPSA) is 68.9 Å². The molecule has 0 aliphatic rings. The van der Waals surface area contributed by atoms with Crippen molar-refractivity contribution in [2.75, 3.05) is 0 Å². The highest BCUT2D eigenvalue weighted by atomic mass is 16.6. The predicted molar refractivity (Wildman–Crippen MR) is 33.4 cm³/mol. The lowest BCUT2D eigenvalue weighted by Crippen LogP contribution is -1.94. The van der Waals surface area contributed by atoms with Crippen LogP contribution in [0.5, 0.6) is 0 Å². The third kappa shape index (κ3) is 1.07. The molecule has 0 spiro atoms. The van der Waals surface area contributed by atoms with Gasteiger partial charge >= 0.3 is 5.69 Å². The normalized spacial score (nSPS) is 9.30. The number of hydrogen-bond acceptors (Lipinski definition) is 4. The van der Waals surface area contributed by atoms with E-state index in [0.717, 1.165) is 0 Å². The van der Waals surface area contributed by atoms with E-state index in [2.05, 4.69) is 9.97 Å². The lowest BCUT2D eigenvalue weighted by molar-refractivity contribution is -0.386. The van der Waals surface area contributed by atoms with Crippen LogP contribution in [0.15, 0.2) is 12.5 Å². The molecule has 1 heterocycles. The predicted octanol–water partition coefficient (Wildman–Crippen LogP) is 0.693. The van der Waals surface area contributed by atoms with Crippen LogP contribution >= 0.6 is 0 Å². The van der Waals surface area contributed by atoms with Crippen LogP contribution in [-0.2, 0) is 0 Å². The molecule has 0 aliphatic carbocycles. The van der Waals surface area contributed by atoms with Gasteiger partial charge in [0.2, 0.25) is 0 Å². The van der Waals surface area contributed by atoms with Crippen molar-refractivity contribution >= 4 is 5.69 Å². The lowest BCUT2D eigenvalue weighted by Gasteiger charge is -1.91. The molecule has 0 N–H and O–H groups in total. The van der Waals surface area contributed by atoms with Gasteiger partial charge in [-0.1, -0.05) is 0 Å². The van der Waals surface area contributed by atoms with Crippen LogP contribution in [-0.4, -0.2) is 14.9 Å². The molecule has 0 atom stereocenters. The van der Waals surface area contributed by atoms with Gasteiger partial charge in [-0.25, -0.2) is 9.97 Å². The Morgan fingerprint density at radius 3 is 2.80 bits per heavy atom. The SMILES string of the molecule is Cc1ncncc1[N+](=O)[O-]. The first-order valence-corrected chi connectivity index (χ1v) is 2.63. The van der Waals surface area contributed by atoms with E-state index in [4.69, 9.17) is 0 Å². The van der Waals surface area contributed by atoms with Crippen molar-refractivity contribution in [3.63, 3.8) is 0 Å². The third-order valence-electron chi connectivity index (χ3n) is 1.08. The molecule has 52 valence electrons. The number of aryl methyl sites for hydroxylation is 1. The Bertz CT molecular complexity index is 261. The molecule has 0 saturated heterocycles. The molecule has 0 aliphatic heterocycles. The van der Waals surface area contributed by atoms with Gasteiger partial charge in [-0.15, -0.1) is 0 Å². The fourth-order valence-electron chi connectivity index (χ4n) is 0.563. The quantitative estimate of drug-likeness (QED) is 0.424. The molecular weight excluding hydrogens is 134 g/mol. The number of nitrogens with zero attached hydrogens (tertiary/aromatic N) is 3. The summed E-state index contributed by atoms with van der Waals surface area (Å²) in [7, 11) is 0. The van der Waals surface area contributed by atoms with Crippen molar-refractivity contribution in [2.24, 2.45) is 0 Å². The van der Waals surface area contributed by atoms with Gasteiger partial charge in [0.05, 0.1) is 4.92 Å². The molecule has 0 amide bonds. The van der Waals surface area contributed by atoms with Gasteiger partial charge in [-0.05, 0) is 6.92 Å². The Morgan fingerprint density at radius 1 is 1.70 bits per heavy atom. The lowest BCUT2D eigenvalue weighted by atomic mass is 10.4. The first-order valence-electron chi connectivity index (χ1n) is 2.63. The zero-order valence-corrected chi connectivity index (χ0v) is 5.31. The van der Waals surface area contributed by atoms with Gasteiger partial charge in [-0.2, -0.15) is 0 Å².